The molecular formula is C22H29N3O3. The van der Waals surface area contributed by atoms with Gasteiger partial charge in [-0.2, -0.15) is 0 Å². The maximum absolute atomic E-state index is 10.3. The molecule has 0 bridgehead atoms. The molecule has 2 N–H and O–H groups in total. The fourth-order valence-electron chi connectivity index (χ4n) is 4.24. The smallest absolute Gasteiger partial charge is 0.144 e. The van der Waals surface area contributed by atoms with E-state index in [9.17, 15) is 5.11 Å². The highest BCUT2D eigenvalue weighted by Gasteiger charge is 2.21. The highest BCUT2D eigenvalue weighted by Crippen LogP contribution is 2.30. The van der Waals surface area contributed by atoms with Gasteiger partial charge in [0.25, 0.3) is 0 Å². The summed E-state index contributed by atoms with van der Waals surface area (Å²) < 4.78 is 0. The normalized spacial score (nSPS) is 20.6. The van der Waals surface area contributed by atoms with Crippen molar-refractivity contribution in [3.8, 4) is 0 Å². The summed E-state index contributed by atoms with van der Waals surface area (Å²) in [5.41, 5.74) is 3.50. The molecular weight excluding hydrogens is 354 g/mol. The second-order valence-corrected chi connectivity index (χ2v) is 7.67. The van der Waals surface area contributed by atoms with E-state index < -0.39 is 6.10 Å². The van der Waals surface area contributed by atoms with E-state index in [1.165, 1.54) is 21.9 Å². The molecule has 0 spiro atoms. The van der Waals surface area contributed by atoms with E-state index in [0.717, 1.165) is 51.3 Å². The maximum atomic E-state index is 10.3. The van der Waals surface area contributed by atoms with Crippen LogP contribution in [0.2, 0.25) is 0 Å². The van der Waals surface area contributed by atoms with Gasteiger partial charge in [0.05, 0.1) is 12.3 Å². The Bertz CT molecular complexity index is 831. The van der Waals surface area contributed by atoms with Crippen LogP contribution in [-0.2, 0) is 11.3 Å². The monoisotopic (exact) mass is 383 g/mol. The van der Waals surface area contributed by atoms with E-state index in [0.29, 0.717) is 6.54 Å². The van der Waals surface area contributed by atoms with Crippen molar-refractivity contribution in [2.45, 2.75) is 18.9 Å². The van der Waals surface area contributed by atoms with Crippen LogP contribution in [0.5, 0.6) is 0 Å². The van der Waals surface area contributed by atoms with Gasteiger partial charge in [0.2, 0.25) is 0 Å². The Kier molecular flexibility index (Phi) is 6.22. The SMILES string of the molecule is OCCN1CCN(CC(O)CON=C2CCc3c2ccc2ccccc32)CC1. The minimum atomic E-state index is -0.550. The first-order valence-electron chi connectivity index (χ1n) is 10.2. The van der Waals surface area contributed by atoms with Crippen molar-refractivity contribution in [1.29, 1.82) is 0 Å². The molecule has 1 fully saturated rings. The first-order chi connectivity index (χ1) is 13.7. The van der Waals surface area contributed by atoms with E-state index in [2.05, 4.69) is 51.4 Å². The van der Waals surface area contributed by atoms with Crippen LogP contribution in [0.15, 0.2) is 41.6 Å². The minimum absolute atomic E-state index is 0.204. The molecule has 1 unspecified atom stereocenters. The van der Waals surface area contributed by atoms with Crippen LogP contribution >= 0.6 is 0 Å². The fraction of sp³-hybridized carbons (Fsp3) is 0.500. The van der Waals surface area contributed by atoms with Gasteiger partial charge in [-0.15, -0.1) is 0 Å². The summed E-state index contributed by atoms with van der Waals surface area (Å²) in [4.78, 5) is 10.0. The number of piperazine rings is 1. The number of fused-ring (bicyclic) bond motifs is 3. The molecule has 6 heteroatoms. The quantitative estimate of drug-likeness (QED) is 0.709. The number of aryl methyl sites for hydroxylation is 1. The second-order valence-electron chi connectivity index (χ2n) is 7.67. The maximum Gasteiger partial charge on any atom is 0.144 e. The standard InChI is InChI=1S/C22H29N3O3/c26-14-13-24-9-11-25(12-10-24)15-18(27)16-28-23-22-8-7-20-19-4-2-1-3-17(19)5-6-21(20)22/h1-6,18,26-27H,7-16H2. The summed E-state index contributed by atoms with van der Waals surface area (Å²) in [6.45, 7) is 5.42. The number of nitrogens with zero attached hydrogens (tertiary/aromatic N) is 3. The van der Waals surface area contributed by atoms with Crippen molar-refractivity contribution in [3.05, 3.63) is 47.5 Å². The van der Waals surface area contributed by atoms with Gasteiger partial charge < -0.3 is 15.1 Å². The van der Waals surface area contributed by atoms with Crippen molar-refractivity contribution in [2.75, 3.05) is 52.5 Å². The Balaban J connectivity index is 1.29. The Morgan fingerprint density at radius 1 is 1.00 bits per heavy atom. The van der Waals surface area contributed by atoms with Crippen LogP contribution in [0.25, 0.3) is 10.8 Å². The molecule has 0 saturated carbocycles. The van der Waals surface area contributed by atoms with Gasteiger partial charge in [0.1, 0.15) is 12.7 Å². The molecule has 2 aromatic carbocycles. The van der Waals surface area contributed by atoms with Crippen molar-refractivity contribution in [2.24, 2.45) is 5.16 Å². The topological polar surface area (TPSA) is 68.5 Å². The third kappa shape index (κ3) is 4.36. The molecule has 1 saturated heterocycles. The first-order valence-corrected chi connectivity index (χ1v) is 10.2. The number of β-amino-alcohol motifs (C(OH)–C–C–N with tert-alkyl or cyclic N) is 2. The van der Waals surface area contributed by atoms with Crippen LogP contribution in [-0.4, -0.2) is 84.3 Å². The third-order valence-electron chi connectivity index (χ3n) is 5.76. The number of oxime groups is 1. The number of hydrogen-bond donors (Lipinski definition) is 2. The van der Waals surface area contributed by atoms with E-state index in [-0.39, 0.29) is 13.2 Å². The molecule has 150 valence electrons. The predicted molar refractivity (Wildman–Crippen MR) is 111 cm³/mol. The second kappa shape index (κ2) is 9.01. The number of aliphatic hydroxyl groups is 2. The van der Waals surface area contributed by atoms with Gasteiger partial charge >= 0.3 is 0 Å². The Labute approximate surface area is 166 Å². The lowest BCUT2D eigenvalue weighted by Crippen LogP contribution is -2.49. The van der Waals surface area contributed by atoms with Crippen molar-refractivity contribution in [3.63, 3.8) is 0 Å². The van der Waals surface area contributed by atoms with E-state index in [1.54, 1.807) is 0 Å². The van der Waals surface area contributed by atoms with E-state index in [1.807, 2.05) is 0 Å². The minimum Gasteiger partial charge on any atom is -0.395 e. The molecule has 6 nitrogen and oxygen atoms in total. The molecule has 28 heavy (non-hydrogen) atoms. The molecule has 0 aromatic heterocycles. The molecule has 0 radical (unpaired) electrons. The largest absolute Gasteiger partial charge is 0.395 e. The Hall–Kier alpha value is -1.99. The van der Waals surface area contributed by atoms with Gasteiger partial charge in [-0.1, -0.05) is 41.6 Å². The average Bonchev–Trinajstić information content (AvgIpc) is 3.13. The van der Waals surface area contributed by atoms with E-state index >= 15 is 0 Å². The van der Waals surface area contributed by atoms with Crippen LogP contribution in [0.1, 0.15) is 17.5 Å². The molecule has 0 amide bonds. The summed E-state index contributed by atoms with van der Waals surface area (Å²) in [5, 5.41) is 26.2. The van der Waals surface area contributed by atoms with Gasteiger partial charge in [0.15, 0.2) is 0 Å². The molecule has 2 aliphatic rings. The van der Waals surface area contributed by atoms with Crippen LogP contribution in [0.4, 0.5) is 0 Å². The number of aliphatic hydroxyl groups excluding tert-OH is 2. The van der Waals surface area contributed by atoms with Gasteiger partial charge in [0, 0.05) is 44.8 Å². The number of benzene rings is 2. The van der Waals surface area contributed by atoms with E-state index in [4.69, 9.17) is 9.94 Å². The highest BCUT2D eigenvalue weighted by atomic mass is 16.6. The number of rotatable bonds is 7. The van der Waals surface area contributed by atoms with Crippen LogP contribution in [0.3, 0.4) is 0 Å². The van der Waals surface area contributed by atoms with Crippen molar-refractivity contribution < 1.29 is 15.1 Å². The lowest BCUT2D eigenvalue weighted by Gasteiger charge is -2.35. The van der Waals surface area contributed by atoms with Crippen LogP contribution < -0.4 is 0 Å². The first kappa shape index (κ1) is 19.3. The molecule has 2 aromatic rings. The zero-order chi connectivity index (χ0) is 19.3. The Morgan fingerprint density at radius 2 is 1.79 bits per heavy atom. The Morgan fingerprint density at radius 3 is 2.61 bits per heavy atom. The zero-order valence-electron chi connectivity index (χ0n) is 16.3. The summed E-state index contributed by atoms with van der Waals surface area (Å²) in [6.07, 6.45) is 1.32. The van der Waals surface area contributed by atoms with Crippen molar-refractivity contribution >= 4 is 16.5 Å². The van der Waals surface area contributed by atoms with Crippen LogP contribution in [0, 0.1) is 0 Å². The van der Waals surface area contributed by atoms with Gasteiger partial charge in [-0.05, 0) is 29.2 Å². The lowest BCUT2D eigenvalue weighted by molar-refractivity contribution is 0.00781. The summed E-state index contributed by atoms with van der Waals surface area (Å²) in [5.74, 6) is 0. The van der Waals surface area contributed by atoms with Crippen molar-refractivity contribution in [1.82, 2.24) is 9.80 Å². The fourth-order valence-corrected chi connectivity index (χ4v) is 4.24. The highest BCUT2D eigenvalue weighted by molar-refractivity contribution is 6.08. The summed E-state index contributed by atoms with van der Waals surface area (Å²) >= 11 is 0. The van der Waals surface area contributed by atoms with Gasteiger partial charge in [-0.3, -0.25) is 9.80 Å². The number of hydrogen-bond acceptors (Lipinski definition) is 6. The molecule has 4 rings (SSSR count). The molecule has 1 aliphatic carbocycles. The van der Waals surface area contributed by atoms with Gasteiger partial charge in [-0.25, -0.2) is 0 Å². The third-order valence-corrected chi connectivity index (χ3v) is 5.76. The molecule has 1 aliphatic heterocycles. The summed E-state index contributed by atoms with van der Waals surface area (Å²) in [6, 6.07) is 12.7. The zero-order valence-corrected chi connectivity index (χ0v) is 16.3. The lowest BCUT2D eigenvalue weighted by atomic mass is 10.0. The molecule has 1 atom stereocenters. The molecule has 1 heterocycles. The average molecular weight is 383 g/mol. The predicted octanol–water partition coefficient (Wildman–Crippen LogP) is 1.48. The summed E-state index contributed by atoms with van der Waals surface area (Å²) in [7, 11) is 0.